The molecule has 0 spiro atoms. The highest BCUT2D eigenvalue weighted by Gasteiger charge is 2.31. The molecule has 2 aliphatic rings. The molecule has 0 aliphatic carbocycles. The molecule has 0 unspecified atom stereocenters. The number of nitrogens with zero attached hydrogens (tertiary/aromatic N) is 7. The van der Waals surface area contributed by atoms with E-state index < -0.39 is 12.7 Å². The minimum absolute atomic E-state index is 0.110. The van der Waals surface area contributed by atoms with Crippen LogP contribution in [-0.2, 0) is 24.2 Å². The molecule has 4 aromatic rings. The summed E-state index contributed by atoms with van der Waals surface area (Å²) < 4.78 is 53.1. The van der Waals surface area contributed by atoms with Crippen LogP contribution in [0.2, 0.25) is 0 Å². The molecule has 0 N–H and O–H groups in total. The highest BCUT2D eigenvalue weighted by Crippen LogP contribution is 2.41. The van der Waals surface area contributed by atoms with Gasteiger partial charge in [-0.25, -0.2) is 14.6 Å². The first-order valence-corrected chi connectivity index (χ1v) is 12.8. The Bertz CT molecular complexity index is 1390. The van der Waals surface area contributed by atoms with Gasteiger partial charge in [0.25, 0.3) is 0 Å². The zero-order chi connectivity index (χ0) is 25.4. The maximum Gasteiger partial charge on any atom is 0.408 e. The molecular weight excluding hydrogens is 507 g/mol. The molecule has 194 valence electrons. The SMILES string of the molecule is FC(F)(F)Cn1ncnc1-c1nc2c(s1)CCOc1cc(-c3cnn(CCN4CCOCC4)c3)ccc1-2. The molecule has 9 nitrogen and oxygen atoms in total. The van der Waals surface area contributed by atoms with Crippen LogP contribution in [0.1, 0.15) is 4.88 Å². The molecule has 1 fully saturated rings. The van der Waals surface area contributed by atoms with Crippen LogP contribution in [0.4, 0.5) is 13.2 Å². The molecule has 5 heterocycles. The van der Waals surface area contributed by atoms with E-state index in [2.05, 4.69) is 25.1 Å². The summed E-state index contributed by atoms with van der Waals surface area (Å²) in [5.41, 5.74) is 3.47. The van der Waals surface area contributed by atoms with Gasteiger partial charge >= 0.3 is 6.18 Å². The Morgan fingerprint density at radius 3 is 2.73 bits per heavy atom. The van der Waals surface area contributed by atoms with Crippen molar-refractivity contribution in [3.63, 3.8) is 0 Å². The molecule has 0 saturated carbocycles. The summed E-state index contributed by atoms with van der Waals surface area (Å²) in [5, 5.41) is 8.67. The predicted octanol–water partition coefficient (Wildman–Crippen LogP) is 3.76. The largest absolute Gasteiger partial charge is 0.492 e. The fourth-order valence-electron chi connectivity index (χ4n) is 4.52. The number of thiazole rings is 1. The summed E-state index contributed by atoms with van der Waals surface area (Å²) >= 11 is 1.32. The van der Waals surface area contributed by atoms with Crippen molar-refractivity contribution in [3.8, 4) is 39.0 Å². The van der Waals surface area contributed by atoms with Crippen LogP contribution in [0.15, 0.2) is 36.9 Å². The number of ether oxygens (including phenoxy) is 2. The van der Waals surface area contributed by atoms with Gasteiger partial charge in [-0.2, -0.15) is 23.4 Å². The normalized spacial score (nSPS) is 16.2. The first-order valence-electron chi connectivity index (χ1n) is 12.0. The predicted molar refractivity (Wildman–Crippen MR) is 130 cm³/mol. The topological polar surface area (TPSA) is 83.1 Å². The van der Waals surface area contributed by atoms with Crippen molar-refractivity contribution in [2.45, 2.75) is 25.7 Å². The van der Waals surface area contributed by atoms with Crippen LogP contribution < -0.4 is 4.74 Å². The van der Waals surface area contributed by atoms with Crippen molar-refractivity contribution in [1.82, 2.24) is 34.4 Å². The lowest BCUT2D eigenvalue weighted by Gasteiger charge is -2.26. The second-order valence-electron chi connectivity index (χ2n) is 8.90. The van der Waals surface area contributed by atoms with E-state index in [1.165, 1.54) is 11.3 Å². The van der Waals surface area contributed by atoms with Gasteiger partial charge in [0.15, 0.2) is 10.8 Å². The molecular formula is C24H24F3N7O2S. The average molecular weight is 532 g/mol. The molecule has 0 atom stereocenters. The van der Waals surface area contributed by atoms with Gasteiger partial charge in [0.2, 0.25) is 0 Å². The lowest BCUT2D eigenvalue weighted by Crippen LogP contribution is -2.38. The molecule has 1 aromatic carbocycles. The first-order chi connectivity index (χ1) is 17.9. The Kier molecular flexibility index (Phi) is 6.42. The van der Waals surface area contributed by atoms with Crippen molar-refractivity contribution in [2.24, 2.45) is 0 Å². The third-order valence-corrected chi connectivity index (χ3v) is 7.48. The van der Waals surface area contributed by atoms with Crippen molar-refractivity contribution in [1.29, 1.82) is 0 Å². The van der Waals surface area contributed by atoms with Gasteiger partial charge in [0.05, 0.1) is 38.3 Å². The van der Waals surface area contributed by atoms with Crippen molar-refractivity contribution < 1.29 is 22.6 Å². The second kappa shape index (κ2) is 9.88. The van der Waals surface area contributed by atoms with E-state index in [1.54, 1.807) is 0 Å². The maximum absolute atomic E-state index is 13.0. The van der Waals surface area contributed by atoms with E-state index in [4.69, 9.17) is 9.47 Å². The lowest BCUT2D eigenvalue weighted by atomic mass is 10.0. The third-order valence-electron chi connectivity index (χ3n) is 6.37. The molecule has 37 heavy (non-hydrogen) atoms. The number of hydrogen-bond acceptors (Lipinski definition) is 8. The number of hydrogen-bond donors (Lipinski definition) is 0. The highest BCUT2D eigenvalue weighted by molar-refractivity contribution is 7.15. The van der Waals surface area contributed by atoms with E-state index in [-0.39, 0.29) is 5.82 Å². The van der Waals surface area contributed by atoms with Gasteiger partial charge < -0.3 is 9.47 Å². The summed E-state index contributed by atoms with van der Waals surface area (Å²) in [5.74, 6) is 0.796. The van der Waals surface area contributed by atoms with Crippen LogP contribution in [-0.4, -0.2) is 80.1 Å². The number of benzene rings is 1. The Labute approximate surface area is 214 Å². The van der Waals surface area contributed by atoms with Gasteiger partial charge in [-0.1, -0.05) is 6.07 Å². The Morgan fingerprint density at radius 1 is 1.03 bits per heavy atom. The minimum atomic E-state index is -4.40. The van der Waals surface area contributed by atoms with Crippen LogP contribution >= 0.6 is 11.3 Å². The van der Waals surface area contributed by atoms with Crippen LogP contribution in [0.3, 0.4) is 0 Å². The lowest BCUT2D eigenvalue weighted by molar-refractivity contribution is -0.142. The second-order valence-corrected chi connectivity index (χ2v) is 9.99. The van der Waals surface area contributed by atoms with Crippen LogP contribution in [0.25, 0.3) is 33.2 Å². The number of halogens is 3. The number of fused-ring (bicyclic) bond motifs is 3. The summed E-state index contributed by atoms with van der Waals surface area (Å²) in [4.78, 5) is 12.0. The maximum atomic E-state index is 13.0. The van der Waals surface area contributed by atoms with Gasteiger partial charge in [-0.05, 0) is 17.7 Å². The molecule has 0 bridgehead atoms. The summed E-state index contributed by atoms with van der Waals surface area (Å²) in [7, 11) is 0. The van der Waals surface area contributed by atoms with Gasteiger partial charge in [-0.15, -0.1) is 11.3 Å². The molecule has 1 saturated heterocycles. The molecule has 13 heteroatoms. The number of alkyl halides is 3. The van der Waals surface area contributed by atoms with Gasteiger partial charge in [0.1, 0.15) is 18.6 Å². The van der Waals surface area contributed by atoms with Crippen molar-refractivity contribution in [3.05, 3.63) is 41.8 Å². The Morgan fingerprint density at radius 2 is 1.89 bits per heavy atom. The first kappa shape index (κ1) is 24.1. The summed E-state index contributed by atoms with van der Waals surface area (Å²) in [6.45, 7) is 4.38. The molecule has 2 aliphatic heterocycles. The van der Waals surface area contributed by atoms with E-state index >= 15 is 0 Å². The number of morpholine rings is 1. The van der Waals surface area contributed by atoms with Crippen LogP contribution in [0.5, 0.6) is 5.75 Å². The van der Waals surface area contributed by atoms with Crippen molar-refractivity contribution >= 4 is 11.3 Å². The van der Waals surface area contributed by atoms with E-state index in [1.807, 2.05) is 35.3 Å². The fourth-order valence-corrected chi connectivity index (χ4v) is 5.57. The van der Waals surface area contributed by atoms with Gasteiger partial charge in [-0.3, -0.25) is 9.58 Å². The zero-order valence-electron chi connectivity index (χ0n) is 19.8. The smallest absolute Gasteiger partial charge is 0.408 e. The average Bonchev–Trinajstić information content (AvgIpc) is 3.61. The number of rotatable bonds is 6. The van der Waals surface area contributed by atoms with E-state index in [0.717, 1.165) is 72.0 Å². The summed E-state index contributed by atoms with van der Waals surface area (Å²) in [6.07, 6.45) is 1.20. The molecule has 3 aromatic heterocycles. The third kappa shape index (κ3) is 5.24. The van der Waals surface area contributed by atoms with E-state index in [0.29, 0.717) is 29.5 Å². The Hall–Kier alpha value is -3.29. The minimum Gasteiger partial charge on any atom is -0.492 e. The summed E-state index contributed by atoms with van der Waals surface area (Å²) in [6, 6.07) is 5.91. The Balaban J connectivity index is 1.23. The van der Waals surface area contributed by atoms with E-state index in [9.17, 15) is 13.2 Å². The standard InChI is InChI=1S/C24H24F3N7O2S/c25-24(26,27)14-34-22(28-15-30-34)23-31-21-18-2-1-16(11-19(18)36-8-3-20(21)37-23)17-12-29-33(13-17)5-4-32-6-9-35-10-7-32/h1-2,11-13,15H,3-10,14H2. The zero-order valence-corrected chi connectivity index (χ0v) is 20.6. The molecule has 0 amide bonds. The van der Waals surface area contributed by atoms with Crippen LogP contribution in [0, 0.1) is 0 Å². The molecule has 6 rings (SSSR count). The van der Waals surface area contributed by atoms with Crippen molar-refractivity contribution in [2.75, 3.05) is 39.5 Å². The highest BCUT2D eigenvalue weighted by atomic mass is 32.1. The number of aromatic nitrogens is 6. The quantitative estimate of drug-likeness (QED) is 0.375. The van der Waals surface area contributed by atoms with Gasteiger partial charge in [0, 0.05) is 48.3 Å². The monoisotopic (exact) mass is 531 g/mol. The molecule has 0 radical (unpaired) electrons. The fraction of sp³-hybridized carbons (Fsp3) is 0.417.